The number of aliphatic hydroxyl groups is 2. The third-order valence-electron chi connectivity index (χ3n) is 3.58. The fraction of sp³-hybridized carbons (Fsp3) is 0.643. The number of hydrogen-bond donors (Lipinski definition) is 3. The number of fused-ring (bicyclic) bond motifs is 1. The van der Waals surface area contributed by atoms with Gasteiger partial charge < -0.3 is 29.6 Å². The molecular weight excluding hydrogens is 302 g/mol. The second-order valence-electron chi connectivity index (χ2n) is 5.96. The highest BCUT2D eigenvalue weighted by atomic mass is 16.7. The molecule has 9 nitrogen and oxygen atoms in total. The monoisotopic (exact) mass is 323 g/mol. The van der Waals surface area contributed by atoms with E-state index >= 15 is 0 Å². The summed E-state index contributed by atoms with van der Waals surface area (Å²) in [6.45, 7) is 4.74. The smallest absolute Gasteiger partial charge is 0.165 e. The lowest BCUT2D eigenvalue weighted by Crippen LogP contribution is -2.24. The van der Waals surface area contributed by atoms with Gasteiger partial charge in [-0.05, 0) is 13.8 Å². The van der Waals surface area contributed by atoms with Crippen LogP contribution in [0.15, 0.2) is 12.7 Å². The van der Waals surface area contributed by atoms with Crippen LogP contribution in [-0.4, -0.2) is 67.5 Å². The van der Waals surface area contributed by atoms with Gasteiger partial charge in [-0.3, -0.25) is 0 Å². The molecular formula is C14H21N5O4. The highest BCUT2D eigenvalue weighted by molar-refractivity contribution is 5.82. The van der Waals surface area contributed by atoms with Gasteiger partial charge in [-0.15, -0.1) is 0 Å². The summed E-state index contributed by atoms with van der Waals surface area (Å²) in [5.41, 5.74) is 1.28. The maximum absolute atomic E-state index is 9.42. The molecule has 9 heteroatoms. The first kappa shape index (κ1) is 16.1. The second kappa shape index (κ2) is 6.36. The van der Waals surface area contributed by atoms with Crippen molar-refractivity contribution >= 4 is 17.0 Å². The van der Waals surface area contributed by atoms with Crippen molar-refractivity contribution in [1.82, 2.24) is 19.5 Å². The molecule has 3 rings (SSSR count). The van der Waals surface area contributed by atoms with Crippen LogP contribution in [0.1, 0.15) is 13.8 Å². The molecule has 2 atom stereocenters. The molecule has 0 amide bonds. The third kappa shape index (κ3) is 3.58. The van der Waals surface area contributed by atoms with Crippen molar-refractivity contribution in [3.63, 3.8) is 0 Å². The van der Waals surface area contributed by atoms with Crippen LogP contribution in [0, 0.1) is 0 Å². The normalized spacial score (nSPS) is 21.7. The number of nitrogens with one attached hydrogen (secondary N) is 1. The Morgan fingerprint density at radius 1 is 1.43 bits per heavy atom. The van der Waals surface area contributed by atoms with Crippen LogP contribution in [0.4, 0.5) is 5.82 Å². The third-order valence-corrected chi connectivity index (χ3v) is 3.58. The summed E-state index contributed by atoms with van der Waals surface area (Å²) in [6, 6.07) is 0. The van der Waals surface area contributed by atoms with Crippen LogP contribution < -0.4 is 5.32 Å². The first-order valence-corrected chi connectivity index (χ1v) is 7.49. The number of imidazole rings is 1. The molecule has 0 radical (unpaired) electrons. The summed E-state index contributed by atoms with van der Waals surface area (Å²) < 4.78 is 13.3. The topological polar surface area (TPSA) is 115 Å². The van der Waals surface area contributed by atoms with E-state index in [1.54, 1.807) is 6.33 Å². The number of hydrogen-bond acceptors (Lipinski definition) is 8. The van der Waals surface area contributed by atoms with Gasteiger partial charge >= 0.3 is 0 Å². The lowest BCUT2D eigenvalue weighted by atomic mass is 10.3. The molecule has 0 spiro atoms. The lowest BCUT2D eigenvalue weighted by molar-refractivity contribution is -0.139. The predicted octanol–water partition coefficient (Wildman–Crippen LogP) is -0.257. The molecule has 126 valence electrons. The minimum absolute atomic E-state index is 0.0648. The Hall–Kier alpha value is -1.81. The summed E-state index contributed by atoms with van der Waals surface area (Å²) in [7, 11) is 0. The predicted molar refractivity (Wildman–Crippen MR) is 81.8 cm³/mol. The van der Waals surface area contributed by atoms with E-state index in [1.807, 2.05) is 18.4 Å². The Kier molecular flexibility index (Phi) is 4.44. The van der Waals surface area contributed by atoms with E-state index < -0.39 is 11.9 Å². The minimum atomic E-state index is -0.853. The molecule has 1 aliphatic heterocycles. The maximum atomic E-state index is 9.42. The molecule has 1 fully saturated rings. The van der Waals surface area contributed by atoms with Crippen molar-refractivity contribution in [2.75, 3.05) is 25.1 Å². The minimum Gasteiger partial charge on any atom is -0.394 e. The van der Waals surface area contributed by atoms with Crippen LogP contribution in [-0.2, 0) is 16.0 Å². The van der Waals surface area contributed by atoms with Crippen LogP contribution in [0.25, 0.3) is 11.2 Å². The van der Waals surface area contributed by atoms with Crippen LogP contribution in [0.5, 0.6) is 0 Å². The second-order valence-corrected chi connectivity index (χ2v) is 5.96. The van der Waals surface area contributed by atoms with E-state index in [-0.39, 0.29) is 19.3 Å². The van der Waals surface area contributed by atoms with Gasteiger partial charge in [-0.2, -0.15) is 0 Å². The Morgan fingerprint density at radius 3 is 2.96 bits per heavy atom. The first-order chi connectivity index (χ1) is 11.0. The fourth-order valence-electron chi connectivity index (χ4n) is 2.50. The van der Waals surface area contributed by atoms with Gasteiger partial charge in [-0.25, -0.2) is 15.0 Å². The van der Waals surface area contributed by atoms with Crippen molar-refractivity contribution in [3.05, 3.63) is 12.7 Å². The molecule has 1 saturated heterocycles. The highest BCUT2D eigenvalue weighted by Crippen LogP contribution is 2.24. The molecule has 0 saturated carbocycles. The number of anilines is 1. The van der Waals surface area contributed by atoms with Gasteiger partial charge in [0.25, 0.3) is 0 Å². The Balaban J connectivity index is 1.76. The zero-order chi connectivity index (χ0) is 16.4. The zero-order valence-corrected chi connectivity index (χ0v) is 13.1. The Labute approximate surface area is 133 Å². The van der Waals surface area contributed by atoms with E-state index in [9.17, 15) is 5.11 Å². The Bertz CT molecular complexity index is 674. The van der Waals surface area contributed by atoms with Crippen molar-refractivity contribution < 1.29 is 19.7 Å². The zero-order valence-electron chi connectivity index (χ0n) is 13.1. The Morgan fingerprint density at radius 2 is 2.26 bits per heavy atom. The van der Waals surface area contributed by atoms with E-state index in [4.69, 9.17) is 14.6 Å². The molecule has 0 aromatic carbocycles. The molecule has 2 aromatic rings. The van der Waals surface area contributed by atoms with Crippen molar-refractivity contribution in [3.8, 4) is 0 Å². The molecule has 3 N–H and O–H groups in total. The van der Waals surface area contributed by atoms with Crippen LogP contribution >= 0.6 is 0 Å². The molecule has 3 heterocycles. The summed E-state index contributed by atoms with van der Waals surface area (Å²) >= 11 is 0. The van der Waals surface area contributed by atoms with Crippen LogP contribution in [0.2, 0.25) is 0 Å². The lowest BCUT2D eigenvalue weighted by Gasteiger charge is -2.17. The average molecular weight is 323 g/mol. The standard InChI is InChI=1S/C14H21N5O4/c1-14(2)22-6-10(23-14)4-19-8-18-11-12(15-3-9(21)5-20)16-7-17-13(11)19/h7-10,20-21H,3-6H2,1-2H3,(H,15,16,17). The average Bonchev–Trinajstić information content (AvgIpc) is 3.09. The van der Waals surface area contributed by atoms with Crippen molar-refractivity contribution in [1.29, 1.82) is 0 Å². The summed E-state index contributed by atoms with van der Waals surface area (Å²) in [6.07, 6.45) is 2.20. The molecule has 2 unspecified atom stereocenters. The van der Waals surface area contributed by atoms with E-state index in [2.05, 4.69) is 20.3 Å². The van der Waals surface area contributed by atoms with Gasteiger partial charge in [0.1, 0.15) is 17.9 Å². The van der Waals surface area contributed by atoms with E-state index in [0.29, 0.717) is 30.1 Å². The van der Waals surface area contributed by atoms with Gasteiger partial charge in [0, 0.05) is 6.54 Å². The number of aromatic nitrogens is 4. The van der Waals surface area contributed by atoms with Crippen molar-refractivity contribution in [2.45, 2.75) is 38.4 Å². The summed E-state index contributed by atoms with van der Waals surface area (Å²) in [4.78, 5) is 12.7. The van der Waals surface area contributed by atoms with Gasteiger partial charge in [-0.1, -0.05) is 0 Å². The fourth-order valence-corrected chi connectivity index (χ4v) is 2.50. The van der Waals surface area contributed by atoms with Crippen LogP contribution in [0.3, 0.4) is 0 Å². The maximum Gasteiger partial charge on any atom is 0.165 e. The summed E-state index contributed by atoms with van der Waals surface area (Å²) in [5, 5.41) is 21.3. The van der Waals surface area contributed by atoms with Gasteiger partial charge in [0.2, 0.25) is 0 Å². The molecule has 0 bridgehead atoms. The van der Waals surface area contributed by atoms with Crippen molar-refractivity contribution in [2.24, 2.45) is 0 Å². The number of ether oxygens (including phenoxy) is 2. The number of aliphatic hydroxyl groups excluding tert-OH is 2. The quantitative estimate of drug-likeness (QED) is 0.666. The molecule has 0 aliphatic carbocycles. The molecule has 2 aromatic heterocycles. The number of rotatable bonds is 6. The van der Waals surface area contributed by atoms with Gasteiger partial charge in [0.15, 0.2) is 17.3 Å². The SMILES string of the molecule is CC1(C)OCC(Cn2cnc3c(NCC(O)CO)ncnc32)O1. The first-order valence-electron chi connectivity index (χ1n) is 7.49. The molecule has 23 heavy (non-hydrogen) atoms. The number of nitrogens with zero attached hydrogens (tertiary/aromatic N) is 4. The largest absolute Gasteiger partial charge is 0.394 e. The van der Waals surface area contributed by atoms with Gasteiger partial charge in [0.05, 0.1) is 32.2 Å². The van der Waals surface area contributed by atoms with E-state index in [0.717, 1.165) is 0 Å². The highest BCUT2D eigenvalue weighted by Gasteiger charge is 2.33. The summed E-state index contributed by atoms with van der Waals surface area (Å²) in [5.74, 6) is -0.0476. The molecule has 1 aliphatic rings. The van der Waals surface area contributed by atoms with E-state index in [1.165, 1.54) is 6.33 Å².